The summed E-state index contributed by atoms with van der Waals surface area (Å²) >= 11 is 8.37. The Labute approximate surface area is 135 Å². The van der Waals surface area contributed by atoms with Crippen molar-refractivity contribution in [3.8, 4) is 11.5 Å². The largest absolute Gasteiger partial charge is 0.457 e. The number of nitro benzene ring substituents is 1. The van der Waals surface area contributed by atoms with Crippen LogP contribution in [0.5, 0.6) is 11.5 Å². The molecular weight excluding hydrogens is 390 g/mol. The average molecular weight is 397 g/mol. The van der Waals surface area contributed by atoms with E-state index >= 15 is 0 Å². The molecule has 0 saturated heterocycles. The van der Waals surface area contributed by atoms with E-state index in [1.54, 1.807) is 0 Å². The second-order valence-electron chi connectivity index (χ2n) is 4.09. The maximum Gasteiger partial charge on any atom is 0.421 e. The maximum absolute atomic E-state index is 13.2. The van der Waals surface area contributed by atoms with Gasteiger partial charge < -0.3 is 4.74 Å². The van der Waals surface area contributed by atoms with Gasteiger partial charge in [-0.25, -0.2) is 0 Å². The quantitative estimate of drug-likeness (QED) is 0.485. The number of hydrogen-bond donors (Lipinski definition) is 0. The van der Waals surface area contributed by atoms with Gasteiger partial charge in [-0.2, -0.15) is 13.2 Å². The van der Waals surface area contributed by atoms with E-state index in [1.807, 2.05) is 0 Å². The van der Waals surface area contributed by atoms with E-state index < -0.39 is 32.6 Å². The van der Waals surface area contributed by atoms with Crippen LogP contribution in [0.4, 0.5) is 18.9 Å². The van der Waals surface area contributed by atoms with Crippen LogP contribution in [0.15, 0.2) is 40.9 Å². The molecule has 0 aliphatic heterocycles. The first-order chi connectivity index (χ1) is 10.2. The van der Waals surface area contributed by atoms with Gasteiger partial charge in [0.2, 0.25) is 0 Å². The number of rotatable bonds is 3. The van der Waals surface area contributed by atoms with Crippen LogP contribution in [0.25, 0.3) is 0 Å². The van der Waals surface area contributed by atoms with Crippen molar-refractivity contribution in [2.75, 3.05) is 0 Å². The molecule has 2 aromatic rings. The predicted octanol–water partition coefficient (Wildman–Crippen LogP) is 5.82. The van der Waals surface area contributed by atoms with Crippen LogP contribution in [0.2, 0.25) is 5.02 Å². The van der Waals surface area contributed by atoms with Gasteiger partial charge in [0.05, 0.1) is 4.92 Å². The Hall–Kier alpha value is -1.80. The van der Waals surface area contributed by atoms with E-state index in [0.717, 1.165) is 12.1 Å². The highest BCUT2D eigenvalue weighted by Crippen LogP contribution is 2.46. The minimum atomic E-state index is -4.83. The molecule has 0 aromatic heterocycles. The zero-order valence-electron chi connectivity index (χ0n) is 10.5. The van der Waals surface area contributed by atoms with Crippen LogP contribution in [0.1, 0.15) is 5.56 Å². The summed E-state index contributed by atoms with van der Waals surface area (Å²) in [5.41, 5.74) is -1.97. The van der Waals surface area contributed by atoms with Gasteiger partial charge in [-0.15, -0.1) is 0 Å². The Morgan fingerprint density at radius 3 is 2.45 bits per heavy atom. The lowest BCUT2D eigenvalue weighted by Crippen LogP contribution is -2.09. The van der Waals surface area contributed by atoms with E-state index in [0.29, 0.717) is 0 Å². The van der Waals surface area contributed by atoms with Crippen LogP contribution in [0, 0.1) is 10.1 Å². The molecular formula is C13H6BrClF3NO3. The zero-order chi connectivity index (χ0) is 16.5. The van der Waals surface area contributed by atoms with Crippen molar-refractivity contribution in [1.82, 2.24) is 0 Å². The molecule has 2 rings (SSSR count). The summed E-state index contributed by atoms with van der Waals surface area (Å²) in [5.74, 6) is -0.481. The molecule has 0 amide bonds. The van der Waals surface area contributed by atoms with Gasteiger partial charge in [0.15, 0.2) is 0 Å². The van der Waals surface area contributed by atoms with Crippen molar-refractivity contribution >= 4 is 33.2 Å². The Balaban J connectivity index is 2.56. The number of nitro groups is 1. The fraction of sp³-hybridized carbons (Fsp3) is 0.0769. The lowest BCUT2D eigenvalue weighted by molar-refractivity contribution is -0.386. The first-order valence-corrected chi connectivity index (χ1v) is 6.84. The highest BCUT2D eigenvalue weighted by molar-refractivity contribution is 9.10. The smallest absolute Gasteiger partial charge is 0.421 e. The fourth-order valence-electron chi connectivity index (χ4n) is 1.70. The molecule has 0 heterocycles. The molecule has 2 aromatic carbocycles. The molecule has 0 radical (unpaired) electrons. The minimum absolute atomic E-state index is 0.0822. The number of ether oxygens (including phenoxy) is 1. The molecule has 22 heavy (non-hydrogen) atoms. The zero-order valence-corrected chi connectivity index (χ0v) is 12.9. The summed E-state index contributed by atoms with van der Waals surface area (Å²) in [4.78, 5) is 9.85. The molecule has 0 bridgehead atoms. The van der Waals surface area contributed by atoms with E-state index in [4.69, 9.17) is 16.3 Å². The highest BCUT2D eigenvalue weighted by atomic mass is 79.9. The van der Waals surface area contributed by atoms with Gasteiger partial charge >= 0.3 is 6.18 Å². The Kier molecular flexibility index (Phi) is 4.62. The Morgan fingerprint density at radius 1 is 1.23 bits per heavy atom. The van der Waals surface area contributed by atoms with E-state index in [9.17, 15) is 23.3 Å². The summed E-state index contributed by atoms with van der Waals surface area (Å²) in [6.07, 6.45) is -4.83. The van der Waals surface area contributed by atoms with Crippen molar-refractivity contribution in [1.29, 1.82) is 0 Å². The van der Waals surface area contributed by atoms with Gasteiger partial charge in [-0.3, -0.25) is 10.1 Å². The summed E-state index contributed by atoms with van der Waals surface area (Å²) in [6.45, 7) is 0. The van der Waals surface area contributed by atoms with Gasteiger partial charge in [0, 0.05) is 11.1 Å². The average Bonchev–Trinajstić information content (AvgIpc) is 2.36. The monoisotopic (exact) mass is 395 g/mol. The predicted molar refractivity (Wildman–Crippen MR) is 77.3 cm³/mol. The summed E-state index contributed by atoms with van der Waals surface area (Å²) < 4.78 is 44.0. The van der Waals surface area contributed by atoms with Crippen LogP contribution < -0.4 is 4.74 Å². The Morgan fingerprint density at radius 2 is 1.91 bits per heavy atom. The van der Waals surface area contributed by atoms with Crippen molar-refractivity contribution in [2.24, 2.45) is 0 Å². The summed E-state index contributed by atoms with van der Waals surface area (Å²) in [6, 6.07) is 7.61. The third-order valence-corrected chi connectivity index (χ3v) is 3.63. The van der Waals surface area contributed by atoms with Gasteiger partial charge in [-0.05, 0) is 40.2 Å². The number of alkyl halides is 3. The minimum Gasteiger partial charge on any atom is -0.457 e. The van der Waals surface area contributed by atoms with Crippen molar-refractivity contribution in [3.63, 3.8) is 0 Å². The van der Waals surface area contributed by atoms with Gasteiger partial charge in [0.1, 0.15) is 21.5 Å². The third kappa shape index (κ3) is 3.50. The Bertz CT molecular complexity index is 737. The molecule has 0 unspecified atom stereocenters. The topological polar surface area (TPSA) is 52.4 Å². The molecule has 0 N–H and O–H groups in total. The first kappa shape index (κ1) is 16.6. The van der Waals surface area contributed by atoms with Gasteiger partial charge in [-0.1, -0.05) is 17.7 Å². The molecule has 4 nitrogen and oxygen atoms in total. The SMILES string of the molecule is O=[N+]([O-])c1ccc(Oc2cccc(Cl)c2)c(C(F)(F)F)c1Br. The molecule has 0 saturated carbocycles. The summed E-state index contributed by atoms with van der Waals surface area (Å²) in [5, 5.41) is 11.0. The van der Waals surface area contributed by atoms with Crippen LogP contribution in [-0.4, -0.2) is 4.92 Å². The lowest BCUT2D eigenvalue weighted by Gasteiger charge is -2.15. The number of halogens is 5. The molecule has 0 fully saturated rings. The van der Waals surface area contributed by atoms with Crippen molar-refractivity contribution < 1.29 is 22.8 Å². The third-order valence-electron chi connectivity index (χ3n) is 2.59. The van der Waals surface area contributed by atoms with Crippen molar-refractivity contribution in [2.45, 2.75) is 6.18 Å². The van der Waals surface area contributed by atoms with Crippen LogP contribution in [-0.2, 0) is 6.18 Å². The molecule has 0 aliphatic carbocycles. The second kappa shape index (κ2) is 6.13. The number of hydrogen-bond acceptors (Lipinski definition) is 3. The van der Waals surface area contributed by atoms with Crippen molar-refractivity contribution in [3.05, 3.63) is 61.6 Å². The molecule has 116 valence electrons. The maximum atomic E-state index is 13.2. The molecule has 0 spiro atoms. The summed E-state index contributed by atoms with van der Waals surface area (Å²) in [7, 11) is 0. The normalized spacial score (nSPS) is 11.3. The van der Waals surface area contributed by atoms with E-state index in [-0.39, 0.29) is 10.8 Å². The van der Waals surface area contributed by atoms with E-state index in [2.05, 4.69) is 15.9 Å². The van der Waals surface area contributed by atoms with Crippen LogP contribution in [0.3, 0.4) is 0 Å². The fourth-order valence-corrected chi connectivity index (χ4v) is 2.57. The number of benzene rings is 2. The lowest BCUT2D eigenvalue weighted by atomic mass is 10.1. The van der Waals surface area contributed by atoms with Crippen LogP contribution >= 0.6 is 27.5 Å². The molecule has 9 heteroatoms. The standard InChI is InChI=1S/C13H6BrClF3NO3/c14-12-9(19(20)21)4-5-10(11(12)13(16,17)18)22-8-3-1-2-7(15)6-8/h1-6H. The number of nitrogens with zero attached hydrogens (tertiary/aromatic N) is 1. The highest BCUT2D eigenvalue weighted by Gasteiger charge is 2.40. The first-order valence-electron chi connectivity index (χ1n) is 5.67. The molecule has 0 aliphatic rings. The second-order valence-corrected chi connectivity index (χ2v) is 5.32. The van der Waals surface area contributed by atoms with E-state index in [1.165, 1.54) is 24.3 Å². The molecule has 0 atom stereocenters. The van der Waals surface area contributed by atoms with Gasteiger partial charge in [0.25, 0.3) is 5.69 Å².